The summed E-state index contributed by atoms with van der Waals surface area (Å²) in [6, 6.07) is 15.7. The topological polar surface area (TPSA) is 37.4 Å². The summed E-state index contributed by atoms with van der Waals surface area (Å²) in [5.41, 5.74) is 1.32. The average Bonchev–Trinajstić information content (AvgIpc) is 2.54. The van der Waals surface area contributed by atoms with Crippen LogP contribution in [-0.2, 0) is 0 Å². The van der Waals surface area contributed by atoms with Gasteiger partial charge in [-0.05, 0) is 6.07 Å². The van der Waals surface area contributed by atoms with Crippen molar-refractivity contribution in [2.24, 2.45) is 5.92 Å². The molecular weight excluding hydrogens is 281 g/mol. The summed E-state index contributed by atoms with van der Waals surface area (Å²) in [7, 11) is 0. The monoisotopic (exact) mass is 297 g/mol. The molecule has 0 radical (unpaired) electrons. The van der Waals surface area contributed by atoms with E-state index in [1.165, 1.54) is 0 Å². The normalized spacial score (nSPS) is 14.5. The van der Waals surface area contributed by atoms with Crippen molar-refractivity contribution in [2.45, 2.75) is 0 Å². The molecule has 1 fully saturated rings. The molecule has 0 N–H and O–H groups in total. The van der Waals surface area contributed by atoms with Gasteiger partial charge in [0.1, 0.15) is 0 Å². The number of nitrogens with zero attached hydrogens (tertiary/aromatic N) is 1. The minimum atomic E-state index is -0.408. The minimum Gasteiger partial charge on any atom is -0.338 e. The quantitative estimate of drug-likeness (QED) is 0.814. The highest BCUT2D eigenvalue weighted by atomic mass is 19.1. The number of benzene rings is 2. The highest BCUT2D eigenvalue weighted by molar-refractivity contribution is 6.15. The standard InChI is InChI=1S/C18H16FNO2/c19-10-13-11-20(12-13)18(22)16-9-5-4-8-15(16)17(21)14-6-2-1-3-7-14/h1-9,13H,10-12H2. The van der Waals surface area contributed by atoms with E-state index >= 15 is 0 Å². The van der Waals surface area contributed by atoms with Gasteiger partial charge >= 0.3 is 0 Å². The molecule has 0 saturated carbocycles. The van der Waals surface area contributed by atoms with Crippen LogP contribution in [0.15, 0.2) is 54.6 Å². The second kappa shape index (κ2) is 6.10. The molecule has 3 rings (SSSR count). The SMILES string of the molecule is O=C(c1ccccc1)c1ccccc1C(=O)N1CC(CF)C1. The number of carbonyl (C=O) groups is 2. The fraction of sp³-hybridized carbons (Fsp3) is 0.222. The number of amides is 1. The minimum absolute atomic E-state index is 0.0686. The summed E-state index contributed by atoms with van der Waals surface area (Å²) in [6.45, 7) is 0.431. The van der Waals surface area contributed by atoms with Crippen LogP contribution in [0.5, 0.6) is 0 Å². The third-order valence-electron chi connectivity index (χ3n) is 3.90. The van der Waals surface area contributed by atoms with Gasteiger partial charge in [-0.15, -0.1) is 0 Å². The van der Waals surface area contributed by atoms with Crippen LogP contribution in [-0.4, -0.2) is 36.4 Å². The predicted octanol–water partition coefficient (Wildman–Crippen LogP) is 2.96. The highest BCUT2D eigenvalue weighted by Gasteiger charge is 2.32. The van der Waals surface area contributed by atoms with Crippen LogP contribution in [0.4, 0.5) is 4.39 Å². The van der Waals surface area contributed by atoms with Gasteiger partial charge in [-0.1, -0.05) is 48.5 Å². The first-order valence-electron chi connectivity index (χ1n) is 7.24. The van der Waals surface area contributed by atoms with Crippen LogP contribution >= 0.6 is 0 Å². The van der Waals surface area contributed by atoms with E-state index in [-0.39, 0.29) is 17.6 Å². The van der Waals surface area contributed by atoms with Crippen molar-refractivity contribution in [3.63, 3.8) is 0 Å². The van der Waals surface area contributed by atoms with Crippen LogP contribution in [0.3, 0.4) is 0 Å². The zero-order valence-corrected chi connectivity index (χ0v) is 12.0. The van der Waals surface area contributed by atoms with Gasteiger partial charge in [0.05, 0.1) is 12.2 Å². The van der Waals surface area contributed by atoms with E-state index in [9.17, 15) is 14.0 Å². The molecule has 1 heterocycles. The Kier molecular flexibility index (Phi) is 4.00. The number of hydrogen-bond donors (Lipinski definition) is 0. The van der Waals surface area contributed by atoms with E-state index in [4.69, 9.17) is 0 Å². The molecule has 1 aliphatic rings. The molecular formula is C18H16FNO2. The van der Waals surface area contributed by atoms with Crippen molar-refractivity contribution < 1.29 is 14.0 Å². The Morgan fingerprint density at radius 1 is 0.955 bits per heavy atom. The molecule has 0 atom stereocenters. The third kappa shape index (κ3) is 2.64. The van der Waals surface area contributed by atoms with Gasteiger partial charge in [-0.25, -0.2) is 0 Å². The highest BCUT2D eigenvalue weighted by Crippen LogP contribution is 2.22. The number of halogens is 1. The number of likely N-dealkylation sites (tertiary alicyclic amines) is 1. The first-order valence-corrected chi connectivity index (χ1v) is 7.24. The van der Waals surface area contributed by atoms with Crippen molar-refractivity contribution in [3.05, 3.63) is 71.3 Å². The van der Waals surface area contributed by atoms with Crippen molar-refractivity contribution in [2.75, 3.05) is 19.8 Å². The average molecular weight is 297 g/mol. The van der Waals surface area contributed by atoms with E-state index in [1.54, 1.807) is 53.4 Å². The molecule has 4 heteroatoms. The molecule has 0 bridgehead atoms. The zero-order valence-electron chi connectivity index (χ0n) is 12.0. The third-order valence-corrected chi connectivity index (χ3v) is 3.90. The molecule has 2 aromatic carbocycles. The van der Waals surface area contributed by atoms with E-state index in [1.807, 2.05) is 6.07 Å². The fourth-order valence-electron chi connectivity index (χ4n) is 2.62. The Balaban J connectivity index is 1.87. The van der Waals surface area contributed by atoms with E-state index < -0.39 is 6.67 Å². The van der Waals surface area contributed by atoms with Crippen LogP contribution in [0.25, 0.3) is 0 Å². The molecule has 1 amide bonds. The van der Waals surface area contributed by atoms with Crippen molar-refractivity contribution in [1.82, 2.24) is 4.90 Å². The predicted molar refractivity (Wildman–Crippen MR) is 81.7 cm³/mol. The van der Waals surface area contributed by atoms with Gasteiger partial charge in [0.2, 0.25) is 0 Å². The Morgan fingerprint density at radius 2 is 1.55 bits per heavy atom. The van der Waals surface area contributed by atoms with Gasteiger partial charge in [-0.3, -0.25) is 14.0 Å². The van der Waals surface area contributed by atoms with Gasteiger partial charge in [-0.2, -0.15) is 0 Å². The summed E-state index contributed by atoms with van der Waals surface area (Å²) < 4.78 is 12.5. The smallest absolute Gasteiger partial charge is 0.254 e. The fourth-order valence-corrected chi connectivity index (χ4v) is 2.62. The Hall–Kier alpha value is -2.49. The van der Waals surface area contributed by atoms with Crippen LogP contribution in [0.1, 0.15) is 26.3 Å². The molecule has 0 spiro atoms. The summed E-state index contributed by atoms with van der Waals surface area (Å²) in [5, 5.41) is 0. The van der Waals surface area contributed by atoms with Crippen LogP contribution in [0.2, 0.25) is 0 Å². The molecule has 1 aliphatic heterocycles. The summed E-state index contributed by atoms with van der Waals surface area (Å²) >= 11 is 0. The first kappa shape index (κ1) is 14.4. The lowest BCUT2D eigenvalue weighted by atomic mass is 9.95. The summed E-state index contributed by atoms with van der Waals surface area (Å²) in [5.74, 6) is -0.447. The Morgan fingerprint density at radius 3 is 2.18 bits per heavy atom. The first-order chi connectivity index (χ1) is 10.7. The maximum atomic E-state index is 12.6. The van der Waals surface area contributed by atoms with Gasteiger partial charge in [0.15, 0.2) is 5.78 Å². The van der Waals surface area contributed by atoms with Crippen molar-refractivity contribution in [1.29, 1.82) is 0 Å². The number of carbonyl (C=O) groups excluding carboxylic acids is 2. The van der Waals surface area contributed by atoms with E-state index in [0.717, 1.165) is 0 Å². The maximum absolute atomic E-state index is 12.6. The molecule has 0 aliphatic carbocycles. The second-order valence-electron chi connectivity index (χ2n) is 5.47. The molecule has 2 aromatic rings. The van der Waals surface area contributed by atoms with Crippen molar-refractivity contribution >= 4 is 11.7 Å². The maximum Gasteiger partial charge on any atom is 0.254 e. The van der Waals surface area contributed by atoms with Gasteiger partial charge < -0.3 is 4.90 Å². The Bertz CT molecular complexity index is 693. The van der Waals surface area contributed by atoms with Gasteiger partial charge in [0, 0.05) is 30.1 Å². The number of rotatable bonds is 4. The van der Waals surface area contributed by atoms with Crippen LogP contribution in [0, 0.1) is 5.92 Å². The van der Waals surface area contributed by atoms with Crippen LogP contribution < -0.4 is 0 Å². The van der Waals surface area contributed by atoms with E-state index in [0.29, 0.717) is 29.8 Å². The number of alkyl halides is 1. The van der Waals surface area contributed by atoms with Crippen molar-refractivity contribution in [3.8, 4) is 0 Å². The summed E-state index contributed by atoms with van der Waals surface area (Å²) in [4.78, 5) is 26.7. The second-order valence-corrected chi connectivity index (χ2v) is 5.47. The zero-order chi connectivity index (χ0) is 15.5. The summed E-state index contributed by atoms with van der Waals surface area (Å²) in [6.07, 6.45) is 0. The Labute approximate surface area is 128 Å². The molecule has 22 heavy (non-hydrogen) atoms. The molecule has 0 unspecified atom stereocenters. The molecule has 1 saturated heterocycles. The van der Waals surface area contributed by atoms with Gasteiger partial charge in [0.25, 0.3) is 5.91 Å². The molecule has 3 nitrogen and oxygen atoms in total. The molecule has 0 aromatic heterocycles. The number of hydrogen-bond acceptors (Lipinski definition) is 2. The van der Waals surface area contributed by atoms with E-state index in [2.05, 4.69) is 0 Å². The number of ketones is 1. The lowest BCUT2D eigenvalue weighted by Gasteiger charge is -2.38. The lowest BCUT2D eigenvalue weighted by molar-refractivity contribution is 0.0451. The lowest BCUT2D eigenvalue weighted by Crippen LogP contribution is -2.51. The largest absolute Gasteiger partial charge is 0.338 e. The molecule has 112 valence electrons.